The van der Waals surface area contributed by atoms with Crippen molar-refractivity contribution in [3.63, 3.8) is 0 Å². The molecule has 1 saturated heterocycles. The largest absolute Gasteiger partial charge is 0.464 e. The number of amides is 1. The molecular formula is C16H19NO3. The summed E-state index contributed by atoms with van der Waals surface area (Å²) >= 11 is 0. The quantitative estimate of drug-likeness (QED) is 0.794. The van der Waals surface area contributed by atoms with Gasteiger partial charge in [-0.05, 0) is 43.9 Å². The van der Waals surface area contributed by atoms with Gasteiger partial charge in [0.05, 0.1) is 6.61 Å². The number of hydrogen-bond donors (Lipinski definition) is 0. The Morgan fingerprint density at radius 2 is 2.00 bits per heavy atom. The van der Waals surface area contributed by atoms with Crippen molar-refractivity contribution in [2.45, 2.75) is 39.2 Å². The van der Waals surface area contributed by atoms with Crippen LogP contribution in [0.15, 0.2) is 18.2 Å². The van der Waals surface area contributed by atoms with E-state index in [1.165, 1.54) is 0 Å². The summed E-state index contributed by atoms with van der Waals surface area (Å²) in [6, 6.07) is 5.55. The number of benzene rings is 1. The summed E-state index contributed by atoms with van der Waals surface area (Å²) in [6.07, 6.45) is 2.45. The van der Waals surface area contributed by atoms with Crippen LogP contribution in [0.5, 0.6) is 0 Å². The fraction of sp³-hybridized carbons (Fsp3) is 0.500. The molecule has 1 aliphatic heterocycles. The molecule has 0 radical (unpaired) electrons. The third-order valence-electron chi connectivity index (χ3n) is 4.01. The summed E-state index contributed by atoms with van der Waals surface area (Å²) in [7, 11) is 0. The van der Waals surface area contributed by atoms with Crippen molar-refractivity contribution in [1.82, 2.24) is 0 Å². The lowest BCUT2D eigenvalue weighted by Gasteiger charge is -2.28. The van der Waals surface area contributed by atoms with Crippen molar-refractivity contribution in [3.05, 3.63) is 29.3 Å². The van der Waals surface area contributed by atoms with Gasteiger partial charge in [0.15, 0.2) is 0 Å². The first-order chi connectivity index (χ1) is 9.58. The first kappa shape index (κ1) is 13.2. The van der Waals surface area contributed by atoms with E-state index in [1.807, 2.05) is 32.0 Å². The van der Waals surface area contributed by atoms with Crippen LogP contribution in [0.2, 0.25) is 0 Å². The SMILES string of the molecule is Cc1ccc(C)c(N(C(=O)C2CC2)C2CCOC2=O)c1. The predicted molar refractivity (Wildman–Crippen MR) is 75.5 cm³/mol. The minimum absolute atomic E-state index is 0.0718. The van der Waals surface area contributed by atoms with Gasteiger partial charge in [0.1, 0.15) is 6.04 Å². The monoisotopic (exact) mass is 273 g/mol. The molecule has 1 saturated carbocycles. The molecule has 20 heavy (non-hydrogen) atoms. The fourth-order valence-corrected chi connectivity index (χ4v) is 2.67. The second kappa shape index (κ2) is 4.93. The van der Waals surface area contributed by atoms with Gasteiger partial charge in [-0.3, -0.25) is 9.69 Å². The lowest BCUT2D eigenvalue weighted by molar-refractivity contribution is -0.140. The highest BCUT2D eigenvalue weighted by atomic mass is 16.5. The summed E-state index contributed by atoms with van der Waals surface area (Å²) in [6.45, 7) is 4.38. The molecule has 1 atom stereocenters. The van der Waals surface area contributed by atoms with E-state index in [0.717, 1.165) is 29.7 Å². The van der Waals surface area contributed by atoms with Crippen molar-refractivity contribution in [2.75, 3.05) is 11.5 Å². The maximum Gasteiger partial charge on any atom is 0.329 e. The zero-order chi connectivity index (χ0) is 14.3. The Labute approximate surface area is 118 Å². The summed E-state index contributed by atoms with van der Waals surface area (Å²) in [5.41, 5.74) is 2.96. The van der Waals surface area contributed by atoms with Crippen LogP contribution < -0.4 is 4.90 Å². The number of carbonyl (C=O) groups is 2. The van der Waals surface area contributed by atoms with Crippen LogP contribution in [0.25, 0.3) is 0 Å². The molecule has 3 rings (SSSR count). The summed E-state index contributed by atoms with van der Waals surface area (Å²) in [4.78, 5) is 26.2. The number of hydrogen-bond acceptors (Lipinski definition) is 3. The molecule has 0 N–H and O–H groups in total. The summed E-state index contributed by atoms with van der Waals surface area (Å²) in [5, 5.41) is 0. The van der Waals surface area contributed by atoms with E-state index in [2.05, 4.69) is 0 Å². The highest BCUT2D eigenvalue weighted by Crippen LogP contribution is 2.36. The van der Waals surface area contributed by atoms with Crippen LogP contribution in [-0.4, -0.2) is 24.5 Å². The van der Waals surface area contributed by atoms with E-state index in [9.17, 15) is 9.59 Å². The second-order valence-electron chi connectivity index (χ2n) is 5.74. The summed E-state index contributed by atoms with van der Waals surface area (Å²) in [5.74, 6) is -0.120. The molecular weight excluding hydrogens is 254 g/mol. The second-order valence-corrected chi connectivity index (χ2v) is 5.74. The molecule has 1 aromatic rings. The molecule has 0 bridgehead atoms. The molecule has 4 heteroatoms. The number of esters is 1. The van der Waals surface area contributed by atoms with Crippen LogP contribution in [0.4, 0.5) is 5.69 Å². The van der Waals surface area contributed by atoms with Crippen LogP contribution in [0.1, 0.15) is 30.4 Å². The Morgan fingerprint density at radius 1 is 1.25 bits per heavy atom. The van der Waals surface area contributed by atoms with E-state index >= 15 is 0 Å². The number of rotatable bonds is 3. The molecule has 1 unspecified atom stereocenters. The van der Waals surface area contributed by atoms with Crippen LogP contribution in [0, 0.1) is 19.8 Å². The lowest BCUT2D eigenvalue weighted by atomic mass is 10.1. The van der Waals surface area contributed by atoms with E-state index in [-0.39, 0.29) is 17.8 Å². The van der Waals surface area contributed by atoms with E-state index in [1.54, 1.807) is 4.90 Å². The van der Waals surface area contributed by atoms with Gasteiger partial charge in [0.2, 0.25) is 5.91 Å². The maximum atomic E-state index is 12.6. The maximum absolute atomic E-state index is 12.6. The average Bonchev–Trinajstić information content (AvgIpc) is 3.19. The Kier molecular flexibility index (Phi) is 3.24. The molecule has 4 nitrogen and oxygen atoms in total. The Balaban J connectivity index is 2.01. The molecule has 0 aromatic heterocycles. The smallest absolute Gasteiger partial charge is 0.329 e. The molecule has 1 aliphatic carbocycles. The summed E-state index contributed by atoms with van der Waals surface area (Å²) < 4.78 is 5.06. The van der Waals surface area contributed by atoms with Crippen molar-refractivity contribution < 1.29 is 14.3 Å². The molecule has 106 valence electrons. The number of aryl methyl sites for hydroxylation is 2. The van der Waals surface area contributed by atoms with Crippen LogP contribution in [-0.2, 0) is 14.3 Å². The highest BCUT2D eigenvalue weighted by Gasteiger charge is 2.42. The van der Waals surface area contributed by atoms with Crippen molar-refractivity contribution in [1.29, 1.82) is 0 Å². The fourth-order valence-electron chi connectivity index (χ4n) is 2.67. The Morgan fingerprint density at radius 3 is 2.60 bits per heavy atom. The van der Waals surface area contributed by atoms with Crippen molar-refractivity contribution in [2.24, 2.45) is 5.92 Å². The minimum atomic E-state index is -0.455. The topological polar surface area (TPSA) is 46.6 Å². The molecule has 2 aliphatic rings. The van der Waals surface area contributed by atoms with Gasteiger partial charge in [0, 0.05) is 18.0 Å². The number of anilines is 1. The molecule has 1 aromatic carbocycles. The lowest BCUT2D eigenvalue weighted by Crippen LogP contribution is -2.44. The molecule has 0 spiro atoms. The Hall–Kier alpha value is -1.84. The van der Waals surface area contributed by atoms with E-state index in [0.29, 0.717) is 13.0 Å². The van der Waals surface area contributed by atoms with Gasteiger partial charge in [-0.1, -0.05) is 12.1 Å². The number of carbonyl (C=O) groups excluding carboxylic acids is 2. The zero-order valence-electron chi connectivity index (χ0n) is 11.9. The van der Waals surface area contributed by atoms with Gasteiger partial charge in [0.25, 0.3) is 0 Å². The molecule has 1 heterocycles. The Bertz CT molecular complexity index is 563. The first-order valence-electron chi connectivity index (χ1n) is 7.15. The van der Waals surface area contributed by atoms with Crippen molar-refractivity contribution >= 4 is 17.6 Å². The van der Waals surface area contributed by atoms with Crippen LogP contribution in [0.3, 0.4) is 0 Å². The van der Waals surface area contributed by atoms with E-state index < -0.39 is 6.04 Å². The molecule has 2 fully saturated rings. The van der Waals surface area contributed by atoms with E-state index in [4.69, 9.17) is 4.74 Å². The predicted octanol–water partition coefficient (Wildman–Crippen LogP) is 2.36. The van der Waals surface area contributed by atoms with Gasteiger partial charge < -0.3 is 4.74 Å². The van der Waals surface area contributed by atoms with Gasteiger partial charge in [-0.25, -0.2) is 4.79 Å². The first-order valence-corrected chi connectivity index (χ1v) is 7.15. The minimum Gasteiger partial charge on any atom is -0.464 e. The van der Waals surface area contributed by atoms with Crippen molar-refractivity contribution in [3.8, 4) is 0 Å². The standard InChI is InChI=1S/C16H19NO3/c1-10-3-4-11(2)14(9-10)17(15(18)12-5-6-12)13-7-8-20-16(13)19/h3-4,9,12-13H,5-8H2,1-2H3. The van der Waals surface area contributed by atoms with Gasteiger partial charge >= 0.3 is 5.97 Å². The zero-order valence-corrected chi connectivity index (χ0v) is 11.9. The highest BCUT2D eigenvalue weighted by molar-refractivity contribution is 6.02. The average molecular weight is 273 g/mol. The third kappa shape index (κ3) is 2.30. The van der Waals surface area contributed by atoms with Gasteiger partial charge in [-0.2, -0.15) is 0 Å². The number of cyclic esters (lactones) is 1. The molecule has 1 amide bonds. The number of ether oxygens (including phenoxy) is 1. The van der Waals surface area contributed by atoms with Gasteiger partial charge in [-0.15, -0.1) is 0 Å². The normalized spacial score (nSPS) is 21.7. The van der Waals surface area contributed by atoms with Crippen LogP contribution >= 0.6 is 0 Å². The number of nitrogens with zero attached hydrogens (tertiary/aromatic N) is 1. The third-order valence-corrected chi connectivity index (χ3v) is 4.01.